The molecule has 0 aliphatic heterocycles. The van der Waals surface area contributed by atoms with Crippen molar-refractivity contribution in [2.75, 3.05) is 0 Å². The zero-order valence-electron chi connectivity index (χ0n) is 36.5. The van der Waals surface area contributed by atoms with Crippen LogP contribution in [0.3, 0.4) is 0 Å². The molecule has 8 aromatic rings. The minimum absolute atomic E-state index is 0. The standard InChI is InChI=1S/2C12H10N.C11H8N.C7H5N2S.2C5H8O2.4Ir/c2*1-2-6-11(7-3-1)10-12-8-4-5-9-13-12;1-2-6-10(7-3-1)11-8-4-5-9-12-11;1-3-7(10-6-1)9-5-2-4-8-9;2*1-4(6)3-5(2)7;;;;/h2*1-6,8-9H,10H2;1-6,8-9H;1-2,4-6H;2*3,6H,1-2H3;;;;/q4*-1;;;;;;. The molecule has 0 saturated heterocycles. The van der Waals surface area contributed by atoms with Crippen molar-refractivity contribution < 1.29 is 100 Å². The van der Waals surface area contributed by atoms with Crippen molar-refractivity contribution in [3.05, 3.63) is 246 Å². The molecule has 0 unspecified atom stereocenters. The molecule has 0 aliphatic carbocycles. The number of rotatable bonds is 8. The van der Waals surface area contributed by atoms with Gasteiger partial charge in [0.25, 0.3) is 0 Å². The molecule has 14 heteroatoms. The molecule has 9 nitrogen and oxygen atoms in total. The van der Waals surface area contributed by atoms with E-state index in [2.05, 4.69) is 56.4 Å². The molecule has 0 spiro atoms. The molecule has 0 bridgehead atoms. The number of hydrogen-bond donors (Lipinski definition) is 2. The zero-order chi connectivity index (χ0) is 44.6. The Labute approximate surface area is 447 Å². The van der Waals surface area contributed by atoms with E-state index in [0.717, 1.165) is 40.5 Å². The molecular formula is C52H49Ir4N5O4S-4. The van der Waals surface area contributed by atoms with Gasteiger partial charge >= 0.3 is 0 Å². The van der Waals surface area contributed by atoms with Crippen LogP contribution in [0, 0.1) is 24.3 Å². The van der Waals surface area contributed by atoms with E-state index in [0.29, 0.717) is 0 Å². The second kappa shape index (κ2) is 39.2. The number of ketones is 2. The monoisotopic (exact) mass is 1610 g/mol. The van der Waals surface area contributed by atoms with E-state index in [1.165, 1.54) is 51.0 Å². The minimum atomic E-state index is -0.125. The van der Waals surface area contributed by atoms with E-state index < -0.39 is 0 Å². The first-order chi connectivity index (χ1) is 30.1. The van der Waals surface area contributed by atoms with Crippen LogP contribution < -0.4 is 0 Å². The summed E-state index contributed by atoms with van der Waals surface area (Å²) in [4.78, 5) is 32.8. The van der Waals surface area contributed by atoms with Crippen molar-refractivity contribution in [3.63, 3.8) is 0 Å². The first-order valence-corrected chi connectivity index (χ1v) is 20.3. The molecule has 0 aliphatic rings. The average Bonchev–Trinajstić information content (AvgIpc) is 4.02. The van der Waals surface area contributed by atoms with E-state index in [9.17, 15) is 9.59 Å². The Balaban J connectivity index is 0. The molecule has 2 N–H and O–H groups in total. The van der Waals surface area contributed by atoms with Crippen molar-refractivity contribution in [2.24, 2.45) is 0 Å². The number of carbonyl (C=O) groups excluding carboxylic acids is 2. The number of benzene rings is 3. The molecule has 0 fully saturated rings. The first kappa shape index (κ1) is 63.1. The summed E-state index contributed by atoms with van der Waals surface area (Å²) < 4.78 is 1.80. The number of aliphatic hydroxyl groups is 2. The predicted octanol–water partition coefficient (Wildman–Crippen LogP) is 11.3. The number of carbonyl (C=O) groups is 2. The van der Waals surface area contributed by atoms with Crippen molar-refractivity contribution in [3.8, 4) is 16.3 Å². The number of nitrogens with zero attached hydrogens (tertiary/aromatic N) is 5. The van der Waals surface area contributed by atoms with Crippen molar-refractivity contribution in [2.45, 2.75) is 40.5 Å². The Morgan fingerprint density at radius 2 is 1.02 bits per heavy atom. The molecule has 4 radical (unpaired) electrons. The van der Waals surface area contributed by atoms with Crippen molar-refractivity contribution in [1.29, 1.82) is 0 Å². The topological polar surface area (TPSA) is 131 Å². The maximum atomic E-state index is 10.0. The summed E-state index contributed by atoms with van der Waals surface area (Å²) >= 11 is 1.63. The van der Waals surface area contributed by atoms with E-state index in [-0.39, 0.29) is 104 Å². The summed E-state index contributed by atoms with van der Waals surface area (Å²) in [5, 5.41) is 23.8. The van der Waals surface area contributed by atoms with Gasteiger partial charge in [0.1, 0.15) is 0 Å². The Hall–Kier alpha value is -4.96. The summed E-state index contributed by atoms with van der Waals surface area (Å²) in [6, 6.07) is 57.9. The van der Waals surface area contributed by atoms with Crippen LogP contribution >= 0.6 is 11.3 Å². The summed E-state index contributed by atoms with van der Waals surface area (Å²) in [7, 11) is 0. The molecule has 5 heterocycles. The molecule has 8 rings (SSSR count). The van der Waals surface area contributed by atoms with Gasteiger partial charge in [-0.15, -0.1) is 35.9 Å². The summed E-state index contributed by atoms with van der Waals surface area (Å²) in [6.07, 6.45) is 13.1. The van der Waals surface area contributed by atoms with Gasteiger partial charge in [0, 0.05) is 140 Å². The maximum Gasteiger partial charge on any atom is 0.155 e. The van der Waals surface area contributed by atoms with Gasteiger partial charge in [-0.3, -0.25) is 24.2 Å². The predicted molar refractivity (Wildman–Crippen MR) is 248 cm³/mol. The van der Waals surface area contributed by atoms with Crippen LogP contribution in [0.1, 0.15) is 50.2 Å². The quantitative estimate of drug-likeness (QED) is 0.0874. The Bertz CT molecular complexity index is 2180. The van der Waals surface area contributed by atoms with Crippen molar-refractivity contribution >= 4 is 22.9 Å². The number of thiophene rings is 1. The first-order valence-electron chi connectivity index (χ1n) is 19.4. The van der Waals surface area contributed by atoms with Gasteiger partial charge in [0.15, 0.2) is 11.6 Å². The van der Waals surface area contributed by atoms with Crippen LogP contribution in [-0.4, -0.2) is 46.5 Å². The smallest absolute Gasteiger partial charge is 0.155 e. The van der Waals surface area contributed by atoms with Gasteiger partial charge in [0.2, 0.25) is 0 Å². The molecule has 352 valence electrons. The minimum Gasteiger partial charge on any atom is -0.512 e. The molecule has 5 aromatic heterocycles. The summed E-state index contributed by atoms with van der Waals surface area (Å²) in [5.74, 6) is -0.125. The molecule has 3 aromatic carbocycles. The van der Waals surface area contributed by atoms with Crippen LogP contribution in [-0.2, 0) is 103 Å². The fraction of sp³-hybridized carbons (Fsp3) is 0.115. The Morgan fingerprint density at radius 1 is 0.545 bits per heavy atom. The van der Waals surface area contributed by atoms with Gasteiger partial charge in [-0.25, -0.2) is 23.5 Å². The third-order valence-corrected chi connectivity index (χ3v) is 8.18. The fourth-order valence-corrected chi connectivity index (χ4v) is 5.50. The largest absolute Gasteiger partial charge is 0.512 e. The van der Waals surface area contributed by atoms with Gasteiger partial charge < -0.3 is 15.2 Å². The summed E-state index contributed by atoms with van der Waals surface area (Å²) in [6.45, 7) is 5.70. The molecule has 66 heavy (non-hydrogen) atoms. The third kappa shape index (κ3) is 30.3. The Morgan fingerprint density at radius 3 is 1.33 bits per heavy atom. The van der Waals surface area contributed by atoms with Crippen LogP contribution in [0.4, 0.5) is 0 Å². The number of aliphatic hydroxyl groups excluding tert-OH is 2. The third-order valence-electron chi connectivity index (χ3n) is 7.38. The van der Waals surface area contributed by atoms with Crippen LogP contribution in [0.2, 0.25) is 0 Å². The second-order valence-electron chi connectivity index (χ2n) is 12.9. The Kier molecular flexibility index (Phi) is 37.5. The van der Waals surface area contributed by atoms with Gasteiger partial charge in [0.05, 0.1) is 11.5 Å². The molecular weight excluding hydrogens is 1560 g/mol. The molecule has 0 atom stereocenters. The average molecular weight is 1610 g/mol. The zero-order valence-corrected chi connectivity index (χ0v) is 46.9. The number of aromatic nitrogens is 5. The van der Waals surface area contributed by atoms with Gasteiger partial charge in [-0.05, 0) is 82.6 Å². The van der Waals surface area contributed by atoms with E-state index in [1.54, 1.807) is 28.4 Å². The number of hydrogen-bond acceptors (Lipinski definition) is 9. The fourth-order valence-electron chi connectivity index (χ4n) is 4.89. The molecule has 0 amide bonds. The number of pyridine rings is 3. The van der Waals surface area contributed by atoms with E-state index >= 15 is 0 Å². The van der Waals surface area contributed by atoms with Gasteiger partial charge in [-0.1, -0.05) is 24.3 Å². The SMILES string of the molecule is CC(=O)C=C(C)O.CC(=O)C=C(C)O.[Ir].[Ir].[Ir].[Ir].[c-]1ccccc1-c1ccccn1.[c-]1ccccc1Cc1ccccn1.[c-]1ccccc1Cc1ccccn1.[c-]1ccsc1-n1cccn1. The van der Waals surface area contributed by atoms with E-state index in [4.69, 9.17) is 10.2 Å². The maximum absolute atomic E-state index is 10.0. The summed E-state index contributed by atoms with van der Waals surface area (Å²) in [5.41, 5.74) is 6.55. The van der Waals surface area contributed by atoms with Crippen LogP contribution in [0.15, 0.2) is 200 Å². The van der Waals surface area contributed by atoms with Crippen molar-refractivity contribution in [1.82, 2.24) is 24.7 Å². The van der Waals surface area contributed by atoms with E-state index in [1.807, 2.05) is 151 Å². The van der Waals surface area contributed by atoms with Crippen LogP contribution in [0.5, 0.6) is 0 Å². The normalized spacial score (nSPS) is 9.58. The van der Waals surface area contributed by atoms with Gasteiger partial charge in [-0.2, -0.15) is 82.3 Å². The second-order valence-corrected chi connectivity index (χ2v) is 13.8. The number of allylic oxidation sites excluding steroid dienone is 4. The molecule has 0 saturated carbocycles. The van der Waals surface area contributed by atoms with Crippen LogP contribution in [0.25, 0.3) is 16.3 Å².